The molecule has 112 valence electrons. The number of likely N-dealkylation sites (N-methyl/N-ethyl adjacent to an activating group) is 1. The third kappa shape index (κ3) is 7.02. The number of hydrogen-bond donors (Lipinski definition) is 2. The summed E-state index contributed by atoms with van der Waals surface area (Å²) in [5.74, 6) is -0.315. The highest BCUT2D eigenvalue weighted by atomic mass is 79.9. The van der Waals surface area contributed by atoms with E-state index in [9.17, 15) is 9.59 Å². The van der Waals surface area contributed by atoms with Crippen molar-refractivity contribution in [1.82, 2.24) is 15.5 Å². The number of halogens is 1. The zero-order valence-electron chi connectivity index (χ0n) is 12.1. The van der Waals surface area contributed by atoms with E-state index in [2.05, 4.69) is 26.6 Å². The van der Waals surface area contributed by atoms with E-state index in [1.54, 1.807) is 11.3 Å². The van der Waals surface area contributed by atoms with Crippen LogP contribution >= 0.6 is 27.3 Å². The Hall–Kier alpha value is -0.920. The highest BCUT2D eigenvalue weighted by Gasteiger charge is 2.16. The summed E-state index contributed by atoms with van der Waals surface area (Å²) in [5, 5.41) is 5.00. The Morgan fingerprint density at radius 2 is 2.00 bits per heavy atom. The van der Waals surface area contributed by atoms with E-state index in [0.29, 0.717) is 6.54 Å². The van der Waals surface area contributed by atoms with Crippen molar-refractivity contribution in [3.8, 4) is 0 Å². The molecule has 1 rings (SSSR count). The lowest BCUT2D eigenvalue weighted by Crippen LogP contribution is -2.50. The number of carbonyl (C=O) groups is 2. The number of rotatable bonds is 4. The first kappa shape index (κ1) is 17.1. The summed E-state index contributed by atoms with van der Waals surface area (Å²) in [6.07, 6.45) is 0. The van der Waals surface area contributed by atoms with Crippen LogP contribution in [-0.4, -0.2) is 36.0 Å². The molecule has 3 amide bonds. The number of thiophene rings is 1. The highest BCUT2D eigenvalue weighted by Crippen LogP contribution is 2.22. The van der Waals surface area contributed by atoms with Gasteiger partial charge in [0.05, 0.1) is 10.3 Å². The van der Waals surface area contributed by atoms with Gasteiger partial charge in [0.1, 0.15) is 0 Å². The van der Waals surface area contributed by atoms with E-state index in [0.717, 1.165) is 8.66 Å². The van der Waals surface area contributed by atoms with Crippen LogP contribution in [0.15, 0.2) is 15.9 Å². The second-order valence-corrected chi connectivity index (χ2v) is 8.18. The van der Waals surface area contributed by atoms with E-state index in [1.165, 1.54) is 0 Å². The zero-order chi connectivity index (χ0) is 15.3. The number of carbonyl (C=O) groups excluding carboxylic acids is 2. The molecule has 0 unspecified atom stereocenters. The quantitative estimate of drug-likeness (QED) is 0.866. The number of urea groups is 1. The lowest BCUT2D eigenvalue weighted by molar-refractivity contribution is -0.120. The Morgan fingerprint density at radius 1 is 1.35 bits per heavy atom. The van der Waals surface area contributed by atoms with Crippen LogP contribution in [0.25, 0.3) is 0 Å². The third-order valence-corrected chi connectivity index (χ3v) is 3.82. The molecule has 0 radical (unpaired) electrons. The normalized spacial score (nSPS) is 11.5. The van der Waals surface area contributed by atoms with Gasteiger partial charge in [-0.05, 0) is 55.9 Å². The molecular weight excluding hydrogens is 342 g/mol. The molecule has 0 aliphatic carbocycles. The maximum Gasteiger partial charge on any atom is 0.321 e. The molecule has 0 aliphatic rings. The number of nitrogens with one attached hydrogen (secondary N) is 2. The van der Waals surface area contributed by atoms with Crippen LogP contribution in [-0.2, 0) is 11.3 Å². The molecule has 0 aromatic carbocycles. The molecular formula is C13H20BrN3O2S. The van der Waals surface area contributed by atoms with Crippen molar-refractivity contribution in [2.75, 3.05) is 13.6 Å². The Balaban J connectivity index is 2.36. The lowest BCUT2D eigenvalue weighted by atomic mass is 10.1. The summed E-state index contributed by atoms with van der Waals surface area (Å²) < 4.78 is 1.06. The van der Waals surface area contributed by atoms with Crippen LogP contribution < -0.4 is 10.6 Å². The first-order valence-electron chi connectivity index (χ1n) is 6.20. The van der Waals surface area contributed by atoms with Crippen LogP contribution in [0.3, 0.4) is 0 Å². The van der Waals surface area contributed by atoms with Gasteiger partial charge in [-0.25, -0.2) is 4.79 Å². The van der Waals surface area contributed by atoms with Gasteiger partial charge in [0.2, 0.25) is 5.91 Å². The first-order valence-corrected chi connectivity index (χ1v) is 7.81. The minimum Gasteiger partial charge on any atom is -0.333 e. The molecule has 0 fully saturated rings. The van der Waals surface area contributed by atoms with Gasteiger partial charge in [0.25, 0.3) is 0 Å². The fraction of sp³-hybridized carbons (Fsp3) is 0.538. The van der Waals surface area contributed by atoms with Gasteiger partial charge in [-0.3, -0.25) is 15.0 Å². The maximum atomic E-state index is 11.7. The molecule has 0 saturated carbocycles. The topological polar surface area (TPSA) is 61.4 Å². The minimum absolute atomic E-state index is 0.174. The standard InChI is InChI=1S/C13H20BrN3O2S/c1-13(2,3)16-12(19)15-11(18)8-17(4)7-9-5-6-10(14)20-9/h5-6H,7-8H2,1-4H3,(H2,15,16,18,19). The monoisotopic (exact) mass is 361 g/mol. The molecule has 0 saturated heterocycles. The van der Waals surface area contributed by atoms with Gasteiger partial charge in [-0.1, -0.05) is 0 Å². The molecule has 0 atom stereocenters. The van der Waals surface area contributed by atoms with Crippen LogP contribution in [0.5, 0.6) is 0 Å². The molecule has 20 heavy (non-hydrogen) atoms. The SMILES string of the molecule is CN(CC(=O)NC(=O)NC(C)(C)C)Cc1ccc(Br)s1. The van der Waals surface area contributed by atoms with Gasteiger partial charge in [-0.15, -0.1) is 11.3 Å². The van der Waals surface area contributed by atoms with E-state index in [4.69, 9.17) is 0 Å². The van der Waals surface area contributed by atoms with Crippen LogP contribution in [0.2, 0.25) is 0 Å². The van der Waals surface area contributed by atoms with Crippen LogP contribution in [0.1, 0.15) is 25.6 Å². The third-order valence-electron chi connectivity index (χ3n) is 2.21. The zero-order valence-corrected chi connectivity index (χ0v) is 14.5. The largest absolute Gasteiger partial charge is 0.333 e. The molecule has 1 heterocycles. The van der Waals surface area contributed by atoms with Gasteiger partial charge in [0, 0.05) is 17.0 Å². The van der Waals surface area contributed by atoms with E-state index >= 15 is 0 Å². The van der Waals surface area contributed by atoms with E-state index in [-0.39, 0.29) is 18.0 Å². The molecule has 0 spiro atoms. The molecule has 7 heteroatoms. The van der Waals surface area contributed by atoms with Gasteiger partial charge in [0.15, 0.2) is 0 Å². The summed E-state index contributed by atoms with van der Waals surface area (Å²) in [6.45, 7) is 6.42. The summed E-state index contributed by atoms with van der Waals surface area (Å²) >= 11 is 5.03. The average Bonchev–Trinajstić information content (AvgIpc) is 2.59. The maximum absolute atomic E-state index is 11.7. The number of hydrogen-bond acceptors (Lipinski definition) is 4. The van der Waals surface area contributed by atoms with Crippen LogP contribution in [0.4, 0.5) is 4.79 Å². The molecule has 1 aromatic heterocycles. The molecule has 1 aromatic rings. The Kier molecular flexibility index (Phi) is 6.16. The first-order chi connectivity index (χ1) is 9.15. The van der Waals surface area contributed by atoms with E-state index < -0.39 is 6.03 Å². The lowest BCUT2D eigenvalue weighted by Gasteiger charge is -2.21. The Morgan fingerprint density at radius 3 is 2.50 bits per heavy atom. The van der Waals surface area contributed by atoms with Crippen molar-refractivity contribution in [2.24, 2.45) is 0 Å². The van der Waals surface area contributed by atoms with Crippen molar-refractivity contribution in [3.05, 3.63) is 20.8 Å². The van der Waals surface area contributed by atoms with Crippen molar-refractivity contribution in [2.45, 2.75) is 32.9 Å². The molecule has 0 bridgehead atoms. The fourth-order valence-corrected chi connectivity index (χ4v) is 3.11. The number of nitrogens with zero attached hydrogens (tertiary/aromatic N) is 1. The van der Waals surface area contributed by atoms with E-state index in [1.807, 2.05) is 44.9 Å². The highest BCUT2D eigenvalue weighted by molar-refractivity contribution is 9.11. The predicted octanol–water partition coefficient (Wildman–Crippen LogP) is 2.57. The summed E-state index contributed by atoms with van der Waals surface area (Å²) in [7, 11) is 1.84. The fourth-order valence-electron chi connectivity index (χ4n) is 1.54. The second-order valence-electron chi connectivity index (χ2n) is 5.63. The molecule has 0 aliphatic heterocycles. The molecule has 2 N–H and O–H groups in total. The van der Waals surface area contributed by atoms with Gasteiger partial charge in [-0.2, -0.15) is 0 Å². The van der Waals surface area contributed by atoms with Crippen molar-refractivity contribution in [3.63, 3.8) is 0 Å². The van der Waals surface area contributed by atoms with Crippen molar-refractivity contribution >= 4 is 39.2 Å². The predicted molar refractivity (Wildman–Crippen MR) is 84.8 cm³/mol. The Bertz CT molecular complexity index is 482. The summed E-state index contributed by atoms with van der Waals surface area (Å²) in [5.41, 5.74) is -0.362. The summed E-state index contributed by atoms with van der Waals surface area (Å²) in [6, 6.07) is 3.52. The Labute approximate surface area is 131 Å². The van der Waals surface area contributed by atoms with Crippen molar-refractivity contribution in [1.29, 1.82) is 0 Å². The minimum atomic E-state index is -0.463. The summed E-state index contributed by atoms with van der Waals surface area (Å²) in [4.78, 5) is 26.3. The smallest absolute Gasteiger partial charge is 0.321 e. The van der Waals surface area contributed by atoms with Gasteiger partial charge < -0.3 is 5.32 Å². The molecule has 5 nitrogen and oxygen atoms in total. The van der Waals surface area contributed by atoms with Crippen molar-refractivity contribution < 1.29 is 9.59 Å². The number of amides is 3. The second kappa shape index (κ2) is 7.19. The number of imide groups is 1. The van der Waals surface area contributed by atoms with Crippen LogP contribution in [0, 0.1) is 0 Å². The average molecular weight is 362 g/mol. The van der Waals surface area contributed by atoms with Gasteiger partial charge >= 0.3 is 6.03 Å².